The van der Waals surface area contributed by atoms with E-state index in [0.29, 0.717) is 0 Å². The first-order valence-corrected chi connectivity index (χ1v) is 5.60. The molecule has 0 aliphatic rings. The number of nitrogens with zero attached hydrogens (tertiary/aromatic N) is 2. The number of imidazole rings is 1. The monoisotopic (exact) mass is 233 g/mol. The van der Waals surface area contributed by atoms with E-state index in [1.54, 1.807) is 12.3 Å². The zero-order valence-corrected chi connectivity index (χ0v) is 9.97. The topological polar surface area (TPSA) is 43.8 Å². The van der Waals surface area contributed by atoms with Gasteiger partial charge in [-0.3, -0.25) is 0 Å². The summed E-state index contributed by atoms with van der Waals surface area (Å²) in [7, 11) is 0. The van der Waals surface area contributed by atoms with Gasteiger partial charge in [0.1, 0.15) is 11.6 Å². The Morgan fingerprint density at radius 2 is 2.18 bits per heavy atom. The average molecular weight is 233 g/mol. The van der Waals surface area contributed by atoms with Gasteiger partial charge in [-0.25, -0.2) is 9.37 Å². The first-order chi connectivity index (χ1) is 8.09. The third-order valence-electron chi connectivity index (χ3n) is 2.85. The molecule has 0 bridgehead atoms. The van der Waals surface area contributed by atoms with Crippen LogP contribution in [-0.4, -0.2) is 15.6 Å². The summed E-state index contributed by atoms with van der Waals surface area (Å²) in [5.41, 5.74) is 6.87. The van der Waals surface area contributed by atoms with Crippen LogP contribution in [0, 0.1) is 12.7 Å². The van der Waals surface area contributed by atoms with Gasteiger partial charge in [-0.2, -0.15) is 0 Å². The highest BCUT2D eigenvalue weighted by Gasteiger charge is 2.19. The van der Waals surface area contributed by atoms with Gasteiger partial charge in [-0.15, -0.1) is 0 Å². The zero-order chi connectivity index (χ0) is 12.4. The first kappa shape index (κ1) is 11.8. The second kappa shape index (κ2) is 4.67. The minimum atomic E-state index is -0.245. The Kier molecular flexibility index (Phi) is 3.24. The van der Waals surface area contributed by atoms with Crippen LogP contribution in [0.25, 0.3) is 0 Å². The van der Waals surface area contributed by atoms with Crippen LogP contribution in [0.15, 0.2) is 36.7 Å². The summed E-state index contributed by atoms with van der Waals surface area (Å²) < 4.78 is 15.2. The van der Waals surface area contributed by atoms with Crippen LogP contribution in [0.2, 0.25) is 0 Å². The Balaban J connectivity index is 2.47. The molecule has 1 aromatic heterocycles. The van der Waals surface area contributed by atoms with Crippen LogP contribution in [-0.2, 0) is 0 Å². The van der Waals surface area contributed by atoms with Crippen LogP contribution >= 0.6 is 0 Å². The first-order valence-electron chi connectivity index (χ1n) is 5.60. The number of rotatable bonds is 3. The molecule has 1 heterocycles. The van der Waals surface area contributed by atoms with Crippen LogP contribution < -0.4 is 5.73 Å². The van der Waals surface area contributed by atoms with Crippen molar-refractivity contribution in [2.24, 2.45) is 5.73 Å². The summed E-state index contributed by atoms with van der Waals surface area (Å²) in [5, 5.41) is 0. The van der Waals surface area contributed by atoms with Crippen LogP contribution in [0.5, 0.6) is 0 Å². The predicted molar refractivity (Wildman–Crippen MR) is 65.2 cm³/mol. The minimum absolute atomic E-state index is 0.0896. The lowest BCUT2D eigenvalue weighted by molar-refractivity contribution is 0.483. The van der Waals surface area contributed by atoms with Crippen molar-refractivity contribution >= 4 is 0 Å². The lowest BCUT2D eigenvalue weighted by Gasteiger charge is -2.24. The lowest BCUT2D eigenvalue weighted by Crippen LogP contribution is -2.30. The van der Waals surface area contributed by atoms with Gasteiger partial charge in [0.05, 0.1) is 6.04 Å². The maximum absolute atomic E-state index is 13.3. The highest BCUT2D eigenvalue weighted by molar-refractivity contribution is 5.23. The Hall–Kier alpha value is -1.68. The molecule has 0 aliphatic heterocycles. The van der Waals surface area contributed by atoms with Crippen LogP contribution in [0.4, 0.5) is 4.39 Å². The standard InChI is InChI=1S/C13H16FN3/c1-9(15)13(17-7-6-16-10(17)2)11-4-3-5-12(14)8-11/h3-9,13H,15H2,1-2H3. The number of aryl methyl sites for hydroxylation is 1. The molecule has 2 atom stereocenters. The van der Waals surface area contributed by atoms with Crippen molar-refractivity contribution < 1.29 is 4.39 Å². The van der Waals surface area contributed by atoms with Gasteiger partial charge in [0.25, 0.3) is 0 Å². The molecule has 2 N–H and O–H groups in total. The van der Waals surface area contributed by atoms with Gasteiger partial charge in [0, 0.05) is 18.4 Å². The van der Waals surface area contributed by atoms with E-state index in [1.165, 1.54) is 12.1 Å². The normalized spacial score (nSPS) is 14.6. The van der Waals surface area contributed by atoms with Gasteiger partial charge in [0.15, 0.2) is 0 Å². The number of benzene rings is 1. The molecular formula is C13H16FN3. The summed E-state index contributed by atoms with van der Waals surface area (Å²) in [6.45, 7) is 3.82. The molecule has 4 heteroatoms. The SMILES string of the molecule is Cc1nccn1C(c1cccc(F)c1)C(C)N. The summed E-state index contributed by atoms with van der Waals surface area (Å²) >= 11 is 0. The quantitative estimate of drug-likeness (QED) is 0.883. The third-order valence-corrected chi connectivity index (χ3v) is 2.85. The van der Waals surface area contributed by atoms with Crippen molar-refractivity contribution in [1.29, 1.82) is 0 Å². The molecule has 90 valence electrons. The van der Waals surface area contributed by atoms with Crippen molar-refractivity contribution in [2.75, 3.05) is 0 Å². The van der Waals surface area contributed by atoms with E-state index >= 15 is 0 Å². The van der Waals surface area contributed by atoms with E-state index in [4.69, 9.17) is 5.73 Å². The highest BCUT2D eigenvalue weighted by atomic mass is 19.1. The van der Waals surface area contributed by atoms with Crippen molar-refractivity contribution in [1.82, 2.24) is 9.55 Å². The fourth-order valence-electron chi connectivity index (χ4n) is 2.09. The Morgan fingerprint density at radius 1 is 1.41 bits per heavy atom. The predicted octanol–water partition coefficient (Wildman–Crippen LogP) is 2.27. The maximum atomic E-state index is 13.3. The lowest BCUT2D eigenvalue weighted by atomic mass is 10.0. The van der Waals surface area contributed by atoms with E-state index < -0.39 is 0 Å². The third kappa shape index (κ3) is 2.36. The van der Waals surface area contributed by atoms with Gasteiger partial charge >= 0.3 is 0 Å². The molecule has 0 aliphatic carbocycles. The van der Waals surface area contributed by atoms with Gasteiger partial charge in [0.2, 0.25) is 0 Å². The highest BCUT2D eigenvalue weighted by Crippen LogP contribution is 2.23. The van der Waals surface area contributed by atoms with E-state index in [1.807, 2.05) is 30.7 Å². The zero-order valence-electron chi connectivity index (χ0n) is 9.97. The Morgan fingerprint density at radius 3 is 2.71 bits per heavy atom. The second-order valence-corrected chi connectivity index (χ2v) is 4.24. The molecular weight excluding hydrogens is 217 g/mol. The average Bonchev–Trinajstić information content (AvgIpc) is 2.65. The summed E-state index contributed by atoms with van der Waals surface area (Å²) in [6.07, 6.45) is 3.60. The van der Waals surface area contributed by atoms with Gasteiger partial charge < -0.3 is 10.3 Å². The number of hydrogen-bond donors (Lipinski definition) is 1. The molecule has 2 aromatic rings. The number of halogens is 1. The molecule has 0 fully saturated rings. The largest absolute Gasteiger partial charge is 0.326 e. The van der Waals surface area contributed by atoms with E-state index in [0.717, 1.165) is 11.4 Å². The molecule has 0 radical (unpaired) electrons. The minimum Gasteiger partial charge on any atom is -0.326 e. The molecule has 2 rings (SSSR count). The smallest absolute Gasteiger partial charge is 0.123 e. The number of hydrogen-bond acceptors (Lipinski definition) is 2. The molecule has 0 amide bonds. The molecule has 2 unspecified atom stereocenters. The fraction of sp³-hybridized carbons (Fsp3) is 0.308. The summed E-state index contributed by atoms with van der Waals surface area (Å²) in [6, 6.07) is 6.33. The van der Waals surface area contributed by atoms with E-state index in [-0.39, 0.29) is 17.9 Å². The van der Waals surface area contributed by atoms with E-state index in [2.05, 4.69) is 4.98 Å². The number of nitrogens with two attached hydrogens (primary N) is 1. The summed E-state index contributed by atoms with van der Waals surface area (Å²) in [4.78, 5) is 4.18. The maximum Gasteiger partial charge on any atom is 0.123 e. The number of aromatic nitrogens is 2. The second-order valence-electron chi connectivity index (χ2n) is 4.24. The molecule has 0 saturated heterocycles. The molecule has 0 spiro atoms. The van der Waals surface area contributed by atoms with E-state index in [9.17, 15) is 4.39 Å². The summed E-state index contributed by atoms with van der Waals surface area (Å²) in [5.74, 6) is 0.627. The Bertz CT molecular complexity index is 505. The van der Waals surface area contributed by atoms with Crippen molar-refractivity contribution in [3.63, 3.8) is 0 Å². The molecule has 0 saturated carbocycles. The van der Waals surface area contributed by atoms with Crippen molar-refractivity contribution in [3.8, 4) is 0 Å². The Labute approximate surface area is 100 Å². The molecule has 1 aromatic carbocycles. The van der Waals surface area contributed by atoms with Gasteiger partial charge in [-0.05, 0) is 31.5 Å². The fourth-order valence-corrected chi connectivity index (χ4v) is 2.09. The van der Waals surface area contributed by atoms with Crippen molar-refractivity contribution in [2.45, 2.75) is 25.9 Å². The van der Waals surface area contributed by atoms with Crippen molar-refractivity contribution in [3.05, 3.63) is 53.9 Å². The van der Waals surface area contributed by atoms with Gasteiger partial charge in [-0.1, -0.05) is 12.1 Å². The van der Waals surface area contributed by atoms with Crippen LogP contribution in [0.3, 0.4) is 0 Å². The molecule has 17 heavy (non-hydrogen) atoms. The van der Waals surface area contributed by atoms with Crippen LogP contribution in [0.1, 0.15) is 24.4 Å². The molecule has 3 nitrogen and oxygen atoms in total.